The van der Waals surface area contributed by atoms with E-state index in [0.717, 1.165) is 5.56 Å². The molecule has 3 heteroatoms. The highest BCUT2D eigenvalue weighted by molar-refractivity contribution is 5.91. The van der Waals surface area contributed by atoms with E-state index in [1.54, 1.807) is 6.07 Å². The molecule has 0 bridgehead atoms. The molecule has 70 valence electrons. The van der Waals surface area contributed by atoms with E-state index in [2.05, 4.69) is 0 Å². The Morgan fingerprint density at radius 2 is 2.08 bits per heavy atom. The van der Waals surface area contributed by atoms with E-state index in [1.165, 1.54) is 6.07 Å². The molecule has 2 N–H and O–H groups in total. The lowest BCUT2D eigenvalue weighted by Crippen LogP contribution is -1.99. The van der Waals surface area contributed by atoms with Gasteiger partial charge in [0.05, 0.1) is 0 Å². The van der Waals surface area contributed by atoms with Gasteiger partial charge in [0, 0.05) is 0 Å². The second kappa shape index (κ2) is 3.47. The Morgan fingerprint density at radius 3 is 2.54 bits per heavy atom. The largest absolute Gasteiger partial charge is 0.507 e. The molecular formula is C10H12O3. The molecule has 0 radical (unpaired) electrons. The van der Waals surface area contributed by atoms with Crippen LogP contribution >= 0.6 is 0 Å². The molecular weight excluding hydrogens is 168 g/mol. The van der Waals surface area contributed by atoms with Crippen LogP contribution in [0, 0.1) is 6.92 Å². The normalized spacial score (nSPS) is 10.0. The summed E-state index contributed by atoms with van der Waals surface area (Å²) in [5.41, 5.74) is 1.52. The van der Waals surface area contributed by atoms with Gasteiger partial charge in [0.25, 0.3) is 0 Å². The first kappa shape index (κ1) is 9.58. The Hall–Kier alpha value is -1.51. The van der Waals surface area contributed by atoms with Crippen LogP contribution in [-0.4, -0.2) is 16.2 Å². The standard InChI is InChI=1S/C10H12O3/c1-3-7-4-6(2)5-8(9(7)11)10(12)13/h4-5,11H,3H2,1-2H3,(H,12,13). The van der Waals surface area contributed by atoms with Gasteiger partial charge in [-0.1, -0.05) is 13.0 Å². The van der Waals surface area contributed by atoms with Gasteiger partial charge in [-0.05, 0) is 30.5 Å². The zero-order valence-electron chi connectivity index (χ0n) is 7.66. The molecule has 1 aromatic carbocycles. The van der Waals surface area contributed by atoms with Crippen molar-refractivity contribution < 1.29 is 15.0 Å². The van der Waals surface area contributed by atoms with Crippen molar-refractivity contribution in [3.63, 3.8) is 0 Å². The van der Waals surface area contributed by atoms with Crippen LogP contribution < -0.4 is 0 Å². The Morgan fingerprint density at radius 1 is 1.46 bits per heavy atom. The third kappa shape index (κ3) is 1.80. The molecule has 0 amide bonds. The maximum atomic E-state index is 10.7. The molecule has 0 aliphatic rings. The van der Waals surface area contributed by atoms with Gasteiger partial charge in [0.1, 0.15) is 11.3 Å². The number of carboxylic acids is 1. The van der Waals surface area contributed by atoms with E-state index < -0.39 is 5.97 Å². The molecule has 1 aromatic rings. The summed E-state index contributed by atoms with van der Waals surface area (Å²) in [6.45, 7) is 3.69. The molecule has 0 aliphatic carbocycles. The number of aromatic carboxylic acids is 1. The van der Waals surface area contributed by atoms with Crippen LogP contribution in [0.15, 0.2) is 12.1 Å². The van der Waals surface area contributed by atoms with E-state index in [-0.39, 0.29) is 11.3 Å². The third-order valence-electron chi connectivity index (χ3n) is 1.94. The lowest BCUT2D eigenvalue weighted by atomic mass is 10.0. The number of benzene rings is 1. The number of aromatic hydroxyl groups is 1. The van der Waals surface area contributed by atoms with Crippen molar-refractivity contribution >= 4 is 5.97 Å². The Kier molecular flexibility index (Phi) is 2.56. The summed E-state index contributed by atoms with van der Waals surface area (Å²) in [4.78, 5) is 10.7. The number of aryl methyl sites for hydroxylation is 2. The van der Waals surface area contributed by atoms with Crippen molar-refractivity contribution in [1.82, 2.24) is 0 Å². The quantitative estimate of drug-likeness (QED) is 0.731. The van der Waals surface area contributed by atoms with Crippen LogP contribution in [0.2, 0.25) is 0 Å². The molecule has 13 heavy (non-hydrogen) atoms. The van der Waals surface area contributed by atoms with Crippen LogP contribution in [0.5, 0.6) is 5.75 Å². The monoisotopic (exact) mass is 180 g/mol. The van der Waals surface area contributed by atoms with Crippen LogP contribution in [0.1, 0.15) is 28.4 Å². The summed E-state index contributed by atoms with van der Waals surface area (Å²) in [5, 5.41) is 18.3. The molecule has 0 fully saturated rings. The maximum absolute atomic E-state index is 10.7. The molecule has 0 saturated carbocycles. The van der Waals surface area contributed by atoms with Crippen molar-refractivity contribution in [2.45, 2.75) is 20.3 Å². The summed E-state index contributed by atoms with van der Waals surface area (Å²) in [5.74, 6) is -1.20. The summed E-state index contributed by atoms with van der Waals surface area (Å²) in [6, 6.07) is 3.26. The van der Waals surface area contributed by atoms with E-state index in [0.29, 0.717) is 12.0 Å². The molecule has 0 atom stereocenters. The first-order valence-corrected chi connectivity index (χ1v) is 4.12. The average molecular weight is 180 g/mol. The highest BCUT2D eigenvalue weighted by Crippen LogP contribution is 2.24. The van der Waals surface area contributed by atoms with Crippen molar-refractivity contribution in [2.75, 3.05) is 0 Å². The fraction of sp³-hybridized carbons (Fsp3) is 0.300. The topological polar surface area (TPSA) is 57.5 Å². The number of phenols is 1. The predicted molar refractivity (Wildman–Crippen MR) is 49.2 cm³/mol. The van der Waals surface area contributed by atoms with Crippen LogP contribution in [0.3, 0.4) is 0 Å². The smallest absolute Gasteiger partial charge is 0.339 e. The molecule has 0 heterocycles. The number of carbonyl (C=O) groups is 1. The Bertz CT molecular complexity index is 342. The van der Waals surface area contributed by atoms with Gasteiger partial charge in [0.15, 0.2) is 0 Å². The highest BCUT2D eigenvalue weighted by Gasteiger charge is 2.12. The fourth-order valence-corrected chi connectivity index (χ4v) is 1.29. The van der Waals surface area contributed by atoms with Gasteiger partial charge in [-0.3, -0.25) is 0 Å². The summed E-state index contributed by atoms with van der Waals surface area (Å²) in [6.07, 6.45) is 0.633. The molecule has 0 saturated heterocycles. The van der Waals surface area contributed by atoms with E-state index in [1.807, 2.05) is 13.8 Å². The van der Waals surface area contributed by atoms with Gasteiger partial charge in [0.2, 0.25) is 0 Å². The van der Waals surface area contributed by atoms with Gasteiger partial charge in [-0.15, -0.1) is 0 Å². The number of hydrogen-bond donors (Lipinski definition) is 2. The van der Waals surface area contributed by atoms with Crippen molar-refractivity contribution in [1.29, 1.82) is 0 Å². The predicted octanol–water partition coefficient (Wildman–Crippen LogP) is 1.96. The number of hydrogen-bond acceptors (Lipinski definition) is 2. The van der Waals surface area contributed by atoms with Gasteiger partial charge in [-0.25, -0.2) is 4.79 Å². The van der Waals surface area contributed by atoms with Gasteiger partial charge in [-0.2, -0.15) is 0 Å². The summed E-state index contributed by atoms with van der Waals surface area (Å²) >= 11 is 0. The minimum absolute atomic E-state index is 0.0168. The van der Waals surface area contributed by atoms with Gasteiger partial charge < -0.3 is 10.2 Å². The van der Waals surface area contributed by atoms with E-state index in [4.69, 9.17) is 5.11 Å². The minimum Gasteiger partial charge on any atom is -0.507 e. The summed E-state index contributed by atoms with van der Waals surface area (Å²) < 4.78 is 0. The lowest BCUT2D eigenvalue weighted by molar-refractivity contribution is 0.0693. The molecule has 0 aromatic heterocycles. The molecule has 1 rings (SSSR count). The zero-order valence-corrected chi connectivity index (χ0v) is 7.66. The Balaban J connectivity index is 3.35. The molecule has 0 aliphatic heterocycles. The lowest BCUT2D eigenvalue weighted by Gasteiger charge is -2.06. The van der Waals surface area contributed by atoms with Crippen molar-refractivity contribution in [2.24, 2.45) is 0 Å². The minimum atomic E-state index is -1.09. The number of carboxylic acid groups (broad SMARTS) is 1. The summed E-state index contributed by atoms with van der Waals surface area (Å²) in [7, 11) is 0. The first-order valence-electron chi connectivity index (χ1n) is 4.12. The molecule has 0 spiro atoms. The fourth-order valence-electron chi connectivity index (χ4n) is 1.29. The van der Waals surface area contributed by atoms with E-state index >= 15 is 0 Å². The van der Waals surface area contributed by atoms with Gasteiger partial charge >= 0.3 is 5.97 Å². The molecule has 3 nitrogen and oxygen atoms in total. The van der Waals surface area contributed by atoms with Crippen molar-refractivity contribution in [3.8, 4) is 5.75 Å². The first-order chi connectivity index (χ1) is 6.06. The van der Waals surface area contributed by atoms with Crippen LogP contribution in [-0.2, 0) is 6.42 Å². The SMILES string of the molecule is CCc1cc(C)cc(C(=O)O)c1O. The van der Waals surface area contributed by atoms with Crippen LogP contribution in [0.4, 0.5) is 0 Å². The second-order valence-electron chi connectivity index (χ2n) is 2.98. The zero-order chi connectivity index (χ0) is 10.0. The van der Waals surface area contributed by atoms with E-state index in [9.17, 15) is 9.90 Å². The molecule has 0 unspecified atom stereocenters. The maximum Gasteiger partial charge on any atom is 0.339 e. The number of rotatable bonds is 2. The highest BCUT2D eigenvalue weighted by atomic mass is 16.4. The van der Waals surface area contributed by atoms with Crippen molar-refractivity contribution in [3.05, 3.63) is 28.8 Å². The Labute approximate surface area is 76.6 Å². The van der Waals surface area contributed by atoms with Crippen LogP contribution in [0.25, 0.3) is 0 Å². The second-order valence-corrected chi connectivity index (χ2v) is 2.98. The third-order valence-corrected chi connectivity index (χ3v) is 1.94. The average Bonchev–Trinajstić information content (AvgIpc) is 2.08.